The summed E-state index contributed by atoms with van der Waals surface area (Å²) in [5, 5.41) is 13.1. The van der Waals surface area contributed by atoms with Crippen LogP contribution >= 0.6 is 0 Å². The van der Waals surface area contributed by atoms with Gasteiger partial charge in [-0.3, -0.25) is 4.79 Å². The van der Waals surface area contributed by atoms with Crippen molar-refractivity contribution in [2.24, 2.45) is 0 Å². The minimum absolute atomic E-state index is 0.0879. The summed E-state index contributed by atoms with van der Waals surface area (Å²) in [6, 6.07) is 7.44. The van der Waals surface area contributed by atoms with Gasteiger partial charge in [-0.25, -0.2) is 0 Å². The molecule has 0 saturated heterocycles. The zero-order chi connectivity index (χ0) is 14.4. The second-order valence-electron chi connectivity index (χ2n) is 5.80. The highest BCUT2D eigenvalue weighted by molar-refractivity contribution is 5.79. The number of rotatable bonds is 6. The molecule has 1 saturated carbocycles. The van der Waals surface area contributed by atoms with Gasteiger partial charge >= 0.3 is 0 Å². The second-order valence-corrected chi connectivity index (χ2v) is 5.80. The van der Waals surface area contributed by atoms with Crippen LogP contribution < -0.4 is 5.32 Å². The fourth-order valence-electron chi connectivity index (χ4n) is 3.01. The van der Waals surface area contributed by atoms with Crippen LogP contribution in [-0.2, 0) is 10.3 Å². The lowest BCUT2D eigenvalue weighted by Crippen LogP contribution is -2.45. The monoisotopic (exact) mass is 275 g/mol. The van der Waals surface area contributed by atoms with E-state index in [0.717, 1.165) is 19.4 Å². The number of phenols is 1. The Morgan fingerprint density at radius 3 is 2.40 bits per heavy atom. The third-order valence-electron chi connectivity index (χ3n) is 4.32. The molecule has 0 bridgehead atoms. The molecule has 3 nitrogen and oxygen atoms in total. The summed E-state index contributed by atoms with van der Waals surface area (Å²) in [5.41, 5.74) is 1.11. The van der Waals surface area contributed by atoms with Gasteiger partial charge in [0, 0.05) is 18.4 Å². The van der Waals surface area contributed by atoms with Crippen LogP contribution in [0.4, 0.5) is 0 Å². The molecule has 2 N–H and O–H groups in total. The predicted octanol–water partition coefficient (Wildman–Crippen LogP) is 3.51. The highest BCUT2D eigenvalue weighted by atomic mass is 16.3. The van der Waals surface area contributed by atoms with Gasteiger partial charge in [0.15, 0.2) is 0 Å². The molecule has 1 aliphatic carbocycles. The normalized spacial score (nSPS) is 18.1. The largest absolute Gasteiger partial charge is 0.508 e. The van der Waals surface area contributed by atoms with Crippen molar-refractivity contribution >= 4 is 5.78 Å². The van der Waals surface area contributed by atoms with E-state index in [4.69, 9.17) is 0 Å². The number of carbonyl (C=O) groups excluding carboxylic acids is 1. The number of ketones is 1. The molecule has 0 spiro atoms. The minimum Gasteiger partial charge on any atom is -0.508 e. The topological polar surface area (TPSA) is 49.3 Å². The van der Waals surface area contributed by atoms with Crippen molar-refractivity contribution in [1.82, 2.24) is 5.32 Å². The smallest absolute Gasteiger partial charge is 0.133 e. The Morgan fingerprint density at radius 2 is 1.80 bits per heavy atom. The van der Waals surface area contributed by atoms with Crippen LogP contribution in [0.25, 0.3) is 0 Å². The standard InChI is InChI=1S/C17H25NO2/c1-2-3-4-13-18-17(11-9-16(20)10-12-17)14-5-7-15(19)8-6-14/h5-8,18-19H,2-4,9-13H2,1H3. The van der Waals surface area contributed by atoms with Crippen molar-refractivity contribution in [3.63, 3.8) is 0 Å². The van der Waals surface area contributed by atoms with Crippen LogP contribution in [0, 0.1) is 0 Å². The van der Waals surface area contributed by atoms with E-state index >= 15 is 0 Å². The molecule has 3 heteroatoms. The fraction of sp³-hybridized carbons (Fsp3) is 0.588. The van der Waals surface area contributed by atoms with E-state index in [2.05, 4.69) is 12.2 Å². The van der Waals surface area contributed by atoms with Crippen molar-refractivity contribution in [2.45, 2.75) is 57.4 Å². The summed E-state index contributed by atoms with van der Waals surface area (Å²) in [5.74, 6) is 0.663. The number of hydrogen-bond donors (Lipinski definition) is 2. The number of hydrogen-bond acceptors (Lipinski definition) is 3. The van der Waals surface area contributed by atoms with Crippen LogP contribution in [-0.4, -0.2) is 17.4 Å². The zero-order valence-corrected chi connectivity index (χ0v) is 12.3. The molecule has 0 heterocycles. The molecule has 0 aliphatic heterocycles. The SMILES string of the molecule is CCCCCNC1(c2ccc(O)cc2)CCC(=O)CC1. The number of nitrogens with one attached hydrogen (secondary N) is 1. The van der Waals surface area contributed by atoms with Gasteiger partial charge in [-0.05, 0) is 43.5 Å². The maximum absolute atomic E-state index is 11.5. The van der Waals surface area contributed by atoms with Crippen LogP contribution in [0.5, 0.6) is 5.75 Å². The average Bonchev–Trinajstić information content (AvgIpc) is 2.47. The molecule has 110 valence electrons. The van der Waals surface area contributed by atoms with Crippen LogP contribution in [0.1, 0.15) is 57.4 Å². The Labute approximate surface area is 121 Å². The Bertz CT molecular complexity index is 429. The van der Waals surface area contributed by atoms with E-state index in [1.54, 1.807) is 12.1 Å². The second kappa shape index (κ2) is 6.89. The third-order valence-corrected chi connectivity index (χ3v) is 4.32. The van der Waals surface area contributed by atoms with E-state index in [-0.39, 0.29) is 5.54 Å². The molecule has 2 rings (SSSR count). The number of carbonyl (C=O) groups is 1. The Morgan fingerprint density at radius 1 is 1.15 bits per heavy atom. The number of benzene rings is 1. The lowest BCUT2D eigenvalue weighted by atomic mass is 9.76. The van der Waals surface area contributed by atoms with Gasteiger partial charge < -0.3 is 10.4 Å². The summed E-state index contributed by atoms with van der Waals surface area (Å²) in [6.07, 6.45) is 6.66. The number of aromatic hydroxyl groups is 1. The van der Waals surface area contributed by atoms with E-state index in [1.165, 1.54) is 24.8 Å². The van der Waals surface area contributed by atoms with E-state index in [9.17, 15) is 9.90 Å². The van der Waals surface area contributed by atoms with Crippen LogP contribution in [0.2, 0.25) is 0 Å². The zero-order valence-electron chi connectivity index (χ0n) is 12.3. The van der Waals surface area contributed by atoms with E-state index < -0.39 is 0 Å². The summed E-state index contributed by atoms with van der Waals surface area (Å²) in [6.45, 7) is 3.19. The molecule has 1 aromatic carbocycles. The molecule has 0 aromatic heterocycles. The van der Waals surface area contributed by atoms with Gasteiger partial charge in [-0.2, -0.15) is 0 Å². The Hall–Kier alpha value is -1.35. The molecule has 1 aliphatic rings. The molecule has 0 radical (unpaired) electrons. The summed E-state index contributed by atoms with van der Waals surface area (Å²) >= 11 is 0. The lowest BCUT2D eigenvalue weighted by Gasteiger charge is -2.38. The molecular weight excluding hydrogens is 250 g/mol. The van der Waals surface area contributed by atoms with Crippen LogP contribution in [0.3, 0.4) is 0 Å². The first-order valence-corrected chi connectivity index (χ1v) is 7.72. The van der Waals surface area contributed by atoms with Crippen molar-refractivity contribution < 1.29 is 9.90 Å². The molecule has 1 aromatic rings. The number of phenolic OH excluding ortho intramolecular Hbond substituents is 1. The first-order chi connectivity index (χ1) is 9.66. The van der Waals surface area contributed by atoms with Crippen molar-refractivity contribution in [3.8, 4) is 5.75 Å². The molecular formula is C17H25NO2. The van der Waals surface area contributed by atoms with Gasteiger partial charge in [0.25, 0.3) is 0 Å². The first kappa shape index (κ1) is 15.0. The van der Waals surface area contributed by atoms with Gasteiger partial charge in [0.2, 0.25) is 0 Å². The Balaban J connectivity index is 2.11. The maximum Gasteiger partial charge on any atom is 0.133 e. The lowest BCUT2D eigenvalue weighted by molar-refractivity contribution is -0.121. The highest BCUT2D eigenvalue weighted by Crippen LogP contribution is 2.36. The van der Waals surface area contributed by atoms with Crippen LogP contribution in [0.15, 0.2) is 24.3 Å². The van der Waals surface area contributed by atoms with Gasteiger partial charge in [0.05, 0.1) is 0 Å². The quantitative estimate of drug-likeness (QED) is 0.781. The van der Waals surface area contributed by atoms with Gasteiger partial charge in [-0.1, -0.05) is 31.9 Å². The van der Waals surface area contributed by atoms with E-state index in [0.29, 0.717) is 24.4 Å². The third kappa shape index (κ3) is 3.60. The van der Waals surface area contributed by atoms with Gasteiger partial charge in [0.1, 0.15) is 11.5 Å². The first-order valence-electron chi connectivity index (χ1n) is 7.72. The minimum atomic E-state index is -0.0879. The summed E-state index contributed by atoms with van der Waals surface area (Å²) in [4.78, 5) is 11.5. The van der Waals surface area contributed by atoms with Crippen molar-refractivity contribution in [3.05, 3.63) is 29.8 Å². The molecule has 0 atom stereocenters. The fourth-order valence-corrected chi connectivity index (χ4v) is 3.01. The Kier molecular flexibility index (Phi) is 5.18. The van der Waals surface area contributed by atoms with E-state index in [1.807, 2.05) is 12.1 Å². The molecule has 0 unspecified atom stereocenters. The molecule has 0 amide bonds. The number of unbranched alkanes of at least 4 members (excludes halogenated alkanes) is 2. The molecule has 1 fully saturated rings. The van der Waals surface area contributed by atoms with Gasteiger partial charge in [-0.15, -0.1) is 0 Å². The highest BCUT2D eigenvalue weighted by Gasteiger charge is 2.35. The summed E-state index contributed by atoms with van der Waals surface area (Å²) < 4.78 is 0. The summed E-state index contributed by atoms with van der Waals surface area (Å²) in [7, 11) is 0. The van der Waals surface area contributed by atoms with Crippen molar-refractivity contribution in [1.29, 1.82) is 0 Å². The maximum atomic E-state index is 11.5. The number of Topliss-reactive ketones (excluding diaryl/α,β-unsaturated/α-hetero) is 1. The molecule has 20 heavy (non-hydrogen) atoms. The predicted molar refractivity (Wildman–Crippen MR) is 80.8 cm³/mol. The average molecular weight is 275 g/mol. The van der Waals surface area contributed by atoms with Crippen molar-refractivity contribution in [2.75, 3.05) is 6.54 Å².